The van der Waals surface area contributed by atoms with Gasteiger partial charge in [-0.25, -0.2) is 8.42 Å². The Kier molecular flexibility index (Phi) is 8.95. The molecular formula is C15H31ClN2O3S. The predicted octanol–water partition coefficient (Wildman–Crippen LogP) is 1.76. The van der Waals surface area contributed by atoms with E-state index in [1.165, 1.54) is 19.1 Å². The summed E-state index contributed by atoms with van der Waals surface area (Å²) in [5.74, 6) is 1.03. The van der Waals surface area contributed by atoms with Gasteiger partial charge in [-0.15, -0.1) is 12.4 Å². The zero-order valence-electron chi connectivity index (χ0n) is 14.1. The van der Waals surface area contributed by atoms with Gasteiger partial charge in [0.25, 0.3) is 0 Å². The molecule has 7 heteroatoms. The molecule has 0 bridgehead atoms. The van der Waals surface area contributed by atoms with Crippen molar-refractivity contribution in [1.82, 2.24) is 10.6 Å². The number of rotatable bonds is 7. The van der Waals surface area contributed by atoms with E-state index >= 15 is 0 Å². The maximum Gasteiger partial charge on any atom is 0.220 e. The average molecular weight is 355 g/mol. The van der Waals surface area contributed by atoms with Crippen LogP contribution in [0.15, 0.2) is 0 Å². The quantitative estimate of drug-likeness (QED) is 0.730. The average Bonchev–Trinajstić information content (AvgIpc) is 2.36. The zero-order chi connectivity index (χ0) is 16.1. The number of piperidine rings is 1. The fraction of sp³-hybridized carbons (Fsp3) is 0.933. The van der Waals surface area contributed by atoms with E-state index in [1.54, 1.807) is 0 Å². The molecular weight excluding hydrogens is 324 g/mol. The molecule has 0 saturated carbocycles. The van der Waals surface area contributed by atoms with Crippen LogP contribution in [0.2, 0.25) is 0 Å². The normalized spacial score (nSPS) is 20.8. The first-order valence-corrected chi connectivity index (χ1v) is 9.84. The van der Waals surface area contributed by atoms with Crippen LogP contribution in [-0.4, -0.2) is 45.0 Å². The molecule has 0 radical (unpaired) electrons. The molecule has 0 aromatic rings. The highest BCUT2D eigenvalue weighted by atomic mass is 35.5. The SMILES string of the molecule is CC(CC(=O)NC(C)(C)CCS(C)(=O)=O)C1CCCNC1.Cl. The summed E-state index contributed by atoms with van der Waals surface area (Å²) in [6.45, 7) is 7.95. The Morgan fingerprint density at radius 3 is 2.55 bits per heavy atom. The second-order valence-electron chi connectivity index (χ2n) is 7.10. The van der Waals surface area contributed by atoms with Crippen LogP contribution >= 0.6 is 12.4 Å². The fourth-order valence-corrected chi connectivity index (χ4v) is 3.64. The van der Waals surface area contributed by atoms with Gasteiger partial charge < -0.3 is 10.6 Å². The number of halogens is 1. The molecule has 2 atom stereocenters. The van der Waals surface area contributed by atoms with Crippen LogP contribution in [0.1, 0.15) is 46.5 Å². The Labute approximate surface area is 141 Å². The minimum atomic E-state index is -2.99. The summed E-state index contributed by atoms with van der Waals surface area (Å²) in [5.41, 5.74) is -0.481. The van der Waals surface area contributed by atoms with Gasteiger partial charge in [-0.05, 0) is 58.0 Å². The lowest BCUT2D eigenvalue weighted by molar-refractivity contribution is -0.124. The highest BCUT2D eigenvalue weighted by Gasteiger charge is 2.26. The Hall–Kier alpha value is -0.330. The van der Waals surface area contributed by atoms with Crippen molar-refractivity contribution in [3.63, 3.8) is 0 Å². The monoisotopic (exact) mass is 354 g/mol. The third kappa shape index (κ3) is 8.96. The second kappa shape index (κ2) is 9.08. The van der Waals surface area contributed by atoms with Gasteiger partial charge in [-0.1, -0.05) is 6.92 Å². The van der Waals surface area contributed by atoms with E-state index in [1.807, 2.05) is 13.8 Å². The third-order valence-corrected chi connectivity index (χ3v) is 5.17. The third-order valence-electron chi connectivity index (χ3n) is 4.22. The highest BCUT2D eigenvalue weighted by molar-refractivity contribution is 7.90. The lowest BCUT2D eigenvalue weighted by atomic mass is 9.85. The van der Waals surface area contributed by atoms with Crippen molar-refractivity contribution >= 4 is 28.2 Å². The van der Waals surface area contributed by atoms with Crippen molar-refractivity contribution in [1.29, 1.82) is 0 Å². The van der Waals surface area contributed by atoms with Crippen molar-refractivity contribution in [2.75, 3.05) is 25.1 Å². The highest BCUT2D eigenvalue weighted by Crippen LogP contribution is 2.23. The van der Waals surface area contributed by atoms with Crippen LogP contribution in [0.25, 0.3) is 0 Å². The van der Waals surface area contributed by atoms with Crippen molar-refractivity contribution in [3.8, 4) is 0 Å². The summed E-state index contributed by atoms with van der Waals surface area (Å²) in [5, 5.41) is 6.35. The van der Waals surface area contributed by atoms with Gasteiger partial charge in [0.15, 0.2) is 0 Å². The number of sulfone groups is 1. The van der Waals surface area contributed by atoms with E-state index in [0.29, 0.717) is 24.7 Å². The standard InChI is InChI=1S/C15H30N2O3S.ClH/c1-12(13-6-5-8-16-11-13)10-14(18)17-15(2,3)7-9-21(4,19)20;/h12-13,16H,5-11H2,1-4H3,(H,17,18);1H. The molecule has 1 saturated heterocycles. The van der Waals surface area contributed by atoms with E-state index < -0.39 is 15.4 Å². The number of carbonyl (C=O) groups is 1. The predicted molar refractivity (Wildman–Crippen MR) is 93.2 cm³/mol. The molecule has 0 spiro atoms. The Bertz CT molecular complexity index is 446. The first kappa shape index (κ1) is 21.7. The van der Waals surface area contributed by atoms with E-state index in [4.69, 9.17) is 0 Å². The molecule has 22 heavy (non-hydrogen) atoms. The summed E-state index contributed by atoms with van der Waals surface area (Å²) in [6, 6.07) is 0. The first-order valence-electron chi connectivity index (χ1n) is 7.78. The lowest BCUT2D eigenvalue weighted by Gasteiger charge is -2.30. The number of nitrogens with one attached hydrogen (secondary N) is 2. The van der Waals surface area contributed by atoms with Gasteiger partial charge in [0.2, 0.25) is 5.91 Å². The molecule has 2 unspecified atom stereocenters. The van der Waals surface area contributed by atoms with Crippen molar-refractivity contribution in [2.45, 2.75) is 52.0 Å². The number of amides is 1. The van der Waals surface area contributed by atoms with Crippen LogP contribution in [0.3, 0.4) is 0 Å². The largest absolute Gasteiger partial charge is 0.351 e. The molecule has 0 aromatic heterocycles. The minimum Gasteiger partial charge on any atom is -0.351 e. The molecule has 5 nitrogen and oxygen atoms in total. The summed E-state index contributed by atoms with van der Waals surface area (Å²) in [6.07, 6.45) is 4.53. The van der Waals surface area contributed by atoms with Gasteiger partial charge in [-0.2, -0.15) is 0 Å². The first-order chi connectivity index (χ1) is 9.59. The summed E-state index contributed by atoms with van der Waals surface area (Å²) in [7, 11) is -2.99. The van der Waals surface area contributed by atoms with Gasteiger partial charge in [0.1, 0.15) is 9.84 Å². The molecule has 2 N–H and O–H groups in total. The zero-order valence-corrected chi connectivity index (χ0v) is 15.8. The van der Waals surface area contributed by atoms with Crippen LogP contribution in [0.5, 0.6) is 0 Å². The molecule has 1 fully saturated rings. The van der Waals surface area contributed by atoms with E-state index in [9.17, 15) is 13.2 Å². The topological polar surface area (TPSA) is 75.3 Å². The smallest absolute Gasteiger partial charge is 0.220 e. The molecule has 1 amide bonds. The fourth-order valence-electron chi connectivity index (χ4n) is 2.76. The van der Waals surface area contributed by atoms with E-state index in [2.05, 4.69) is 17.6 Å². The summed E-state index contributed by atoms with van der Waals surface area (Å²) < 4.78 is 22.5. The molecule has 0 aromatic carbocycles. The van der Waals surface area contributed by atoms with Crippen LogP contribution in [-0.2, 0) is 14.6 Å². The molecule has 132 valence electrons. The lowest BCUT2D eigenvalue weighted by Crippen LogP contribution is -2.45. The minimum absolute atomic E-state index is 0. The van der Waals surface area contributed by atoms with Crippen LogP contribution in [0, 0.1) is 11.8 Å². The summed E-state index contributed by atoms with van der Waals surface area (Å²) >= 11 is 0. The van der Waals surface area contributed by atoms with Crippen molar-refractivity contribution < 1.29 is 13.2 Å². The van der Waals surface area contributed by atoms with Crippen LogP contribution < -0.4 is 10.6 Å². The van der Waals surface area contributed by atoms with Gasteiger partial charge in [0, 0.05) is 18.2 Å². The van der Waals surface area contributed by atoms with E-state index in [0.717, 1.165) is 13.1 Å². The maximum atomic E-state index is 12.2. The summed E-state index contributed by atoms with van der Waals surface area (Å²) in [4.78, 5) is 12.2. The maximum absolute atomic E-state index is 12.2. The molecule has 1 aliphatic rings. The van der Waals surface area contributed by atoms with Gasteiger partial charge in [0.05, 0.1) is 5.75 Å². The van der Waals surface area contributed by atoms with Crippen LogP contribution in [0.4, 0.5) is 0 Å². The molecule has 1 heterocycles. The number of hydrogen-bond acceptors (Lipinski definition) is 4. The van der Waals surface area contributed by atoms with Crippen molar-refractivity contribution in [3.05, 3.63) is 0 Å². The Morgan fingerprint density at radius 2 is 2.05 bits per heavy atom. The molecule has 1 rings (SSSR count). The molecule has 0 aliphatic carbocycles. The number of carbonyl (C=O) groups excluding carboxylic acids is 1. The second-order valence-corrected chi connectivity index (χ2v) is 9.36. The van der Waals surface area contributed by atoms with Gasteiger partial charge in [-0.3, -0.25) is 4.79 Å². The number of hydrogen-bond donors (Lipinski definition) is 2. The molecule has 1 aliphatic heterocycles. The van der Waals surface area contributed by atoms with E-state index in [-0.39, 0.29) is 24.1 Å². The van der Waals surface area contributed by atoms with Crippen molar-refractivity contribution in [2.24, 2.45) is 11.8 Å². The van der Waals surface area contributed by atoms with Gasteiger partial charge >= 0.3 is 0 Å². The Balaban J connectivity index is 0.00000441. The Morgan fingerprint density at radius 1 is 1.41 bits per heavy atom.